The van der Waals surface area contributed by atoms with Crippen molar-refractivity contribution >= 4 is 67.5 Å². The molecule has 0 unspecified atom stereocenters. The van der Waals surface area contributed by atoms with Gasteiger partial charge in [0, 0.05) is 4.88 Å². The van der Waals surface area contributed by atoms with E-state index in [1.165, 1.54) is 23.0 Å². The first-order chi connectivity index (χ1) is 20.3. The molecule has 1 amide bonds. The molecule has 0 fully saturated rings. The average Bonchev–Trinajstić information content (AvgIpc) is 3.58. The molecule has 0 spiro atoms. The number of para-hydroxylation sites is 1. The molecule has 0 atom stereocenters. The number of fused-ring (bicyclic) bond motifs is 1. The van der Waals surface area contributed by atoms with Gasteiger partial charge in [-0.1, -0.05) is 60.3 Å². The number of carbonyl (C=O) groups excluding carboxylic acids is 3. The highest BCUT2D eigenvalue weighted by Gasteiger charge is 2.27. The number of rotatable bonds is 9. The quantitative estimate of drug-likeness (QED) is 0.118. The molecule has 0 radical (unpaired) electrons. The van der Waals surface area contributed by atoms with Crippen molar-refractivity contribution in [3.63, 3.8) is 0 Å². The third kappa shape index (κ3) is 5.87. The minimum Gasteiger partial charge on any atom is -0.465 e. The number of thioether (sulfide) groups is 1. The van der Waals surface area contributed by atoms with Crippen LogP contribution in [0.25, 0.3) is 26.3 Å². The van der Waals surface area contributed by atoms with Crippen LogP contribution in [0.4, 0.5) is 5.00 Å². The molecule has 3 aromatic heterocycles. The second-order valence-electron chi connectivity index (χ2n) is 8.88. The van der Waals surface area contributed by atoms with Crippen molar-refractivity contribution in [3.05, 3.63) is 93.1 Å². The number of nitrogens with one attached hydrogen (secondary N) is 1. The van der Waals surface area contributed by atoms with Gasteiger partial charge < -0.3 is 14.8 Å². The molecule has 1 N–H and O–H groups in total. The van der Waals surface area contributed by atoms with Gasteiger partial charge in [-0.3, -0.25) is 14.2 Å². The van der Waals surface area contributed by atoms with Crippen LogP contribution in [0.1, 0.15) is 32.5 Å². The maximum Gasteiger partial charge on any atom is 0.348 e. The number of esters is 2. The molecule has 42 heavy (non-hydrogen) atoms. The third-order valence-electron chi connectivity index (χ3n) is 6.19. The number of amides is 1. The summed E-state index contributed by atoms with van der Waals surface area (Å²) in [6.45, 7) is 3.45. The lowest BCUT2D eigenvalue weighted by molar-refractivity contribution is -0.113. The highest BCUT2D eigenvalue weighted by Crippen LogP contribution is 2.35. The minimum absolute atomic E-state index is 0.0941. The molecular weight excluding hydrogens is 595 g/mol. The summed E-state index contributed by atoms with van der Waals surface area (Å²) in [5.74, 6) is -1.84. The van der Waals surface area contributed by atoms with E-state index in [1.54, 1.807) is 26.0 Å². The molecule has 0 saturated heterocycles. The average molecular weight is 620 g/mol. The molecule has 0 aliphatic heterocycles. The van der Waals surface area contributed by atoms with Gasteiger partial charge in [-0.15, -0.1) is 22.7 Å². The largest absolute Gasteiger partial charge is 0.465 e. The Balaban J connectivity index is 1.47. The van der Waals surface area contributed by atoms with E-state index in [9.17, 15) is 19.2 Å². The molecule has 3 heterocycles. The monoisotopic (exact) mass is 619 g/mol. The lowest BCUT2D eigenvalue weighted by Gasteiger charge is -2.12. The van der Waals surface area contributed by atoms with Gasteiger partial charge in [0.2, 0.25) is 5.91 Å². The number of benzene rings is 2. The van der Waals surface area contributed by atoms with Crippen LogP contribution >= 0.6 is 34.4 Å². The summed E-state index contributed by atoms with van der Waals surface area (Å²) in [6, 6.07) is 20.7. The smallest absolute Gasteiger partial charge is 0.348 e. The maximum absolute atomic E-state index is 13.8. The second-order valence-corrected chi connectivity index (χ2v) is 11.9. The Bertz CT molecular complexity index is 1850. The molecule has 2 aromatic carbocycles. The van der Waals surface area contributed by atoms with Crippen LogP contribution in [-0.2, 0) is 14.3 Å². The molecular formula is C30H25N3O6S3. The predicted molar refractivity (Wildman–Crippen MR) is 166 cm³/mol. The van der Waals surface area contributed by atoms with Crippen LogP contribution < -0.4 is 10.9 Å². The standard InChI is InChI=1S/C30H25N3O6S3/c1-4-39-29(37)24-17(2)23(28(36)38-3)26(42-24)31-22(34)16-40-30-32-25-20(15-21(41-25)18-11-7-5-8-12-18)27(35)33(30)19-13-9-6-10-14-19/h5-15H,4,16H2,1-3H3,(H,31,34). The molecule has 214 valence electrons. The van der Waals surface area contributed by atoms with Gasteiger partial charge in [-0.05, 0) is 43.2 Å². The maximum atomic E-state index is 13.8. The van der Waals surface area contributed by atoms with Crippen LogP contribution in [0, 0.1) is 6.92 Å². The Kier molecular flexibility index (Phi) is 8.86. The van der Waals surface area contributed by atoms with Gasteiger partial charge in [0.05, 0.1) is 36.1 Å². The molecule has 9 nitrogen and oxygen atoms in total. The number of hydrogen-bond acceptors (Lipinski definition) is 10. The zero-order chi connectivity index (χ0) is 29.8. The van der Waals surface area contributed by atoms with Crippen LogP contribution in [-0.4, -0.2) is 46.9 Å². The van der Waals surface area contributed by atoms with E-state index < -0.39 is 17.8 Å². The van der Waals surface area contributed by atoms with E-state index in [0.717, 1.165) is 33.5 Å². The van der Waals surface area contributed by atoms with Gasteiger partial charge in [0.15, 0.2) is 5.16 Å². The molecule has 5 rings (SSSR count). The van der Waals surface area contributed by atoms with Crippen molar-refractivity contribution in [1.29, 1.82) is 0 Å². The Morgan fingerprint density at radius 2 is 1.69 bits per heavy atom. The van der Waals surface area contributed by atoms with Crippen molar-refractivity contribution in [3.8, 4) is 16.1 Å². The lowest BCUT2D eigenvalue weighted by Crippen LogP contribution is -2.22. The first kappa shape index (κ1) is 29.2. The molecule has 0 saturated carbocycles. The van der Waals surface area contributed by atoms with E-state index in [2.05, 4.69) is 5.32 Å². The Morgan fingerprint density at radius 3 is 2.36 bits per heavy atom. The molecule has 5 aromatic rings. The number of anilines is 1. The summed E-state index contributed by atoms with van der Waals surface area (Å²) in [7, 11) is 1.23. The summed E-state index contributed by atoms with van der Waals surface area (Å²) in [5.41, 5.74) is 1.82. The lowest BCUT2D eigenvalue weighted by atomic mass is 10.1. The number of thiophene rings is 2. The molecule has 0 aliphatic carbocycles. The SMILES string of the molecule is CCOC(=O)c1sc(NC(=O)CSc2nc3sc(-c4ccccc4)cc3c(=O)n2-c2ccccc2)c(C(=O)OC)c1C. The summed E-state index contributed by atoms with van der Waals surface area (Å²) in [4.78, 5) is 58.3. The topological polar surface area (TPSA) is 117 Å². The second kappa shape index (κ2) is 12.7. The first-order valence-corrected chi connectivity index (χ1v) is 15.4. The third-order valence-corrected chi connectivity index (χ3v) is 9.39. The summed E-state index contributed by atoms with van der Waals surface area (Å²) in [5, 5.41) is 3.74. The number of carbonyl (C=O) groups is 3. The van der Waals surface area contributed by atoms with Crippen LogP contribution in [0.3, 0.4) is 0 Å². The van der Waals surface area contributed by atoms with E-state index in [0.29, 0.717) is 26.6 Å². The summed E-state index contributed by atoms with van der Waals surface area (Å²) >= 11 is 3.45. The highest BCUT2D eigenvalue weighted by atomic mass is 32.2. The van der Waals surface area contributed by atoms with Crippen LogP contribution in [0.15, 0.2) is 76.7 Å². The minimum atomic E-state index is -0.681. The van der Waals surface area contributed by atoms with Crippen LogP contribution in [0.5, 0.6) is 0 Å². The van der Waals surface area contributed by atoms with Gasteiger partial charge in [0.1, 0.15) is 14.7 Å². The molecule has 0 aliphatic rings. The highest BCUT2D eigenvalue weighted by molar-refractivity contribution is 7.99. The van der Waals surface area contributed by atoms with Crippen molar-refractivity contribution in [2.45, 2.75) is 19.0 Å². The molecule has 0 bridgehead atoms. The zero-order valence-electron chi connectivity index (χ0n) is 22.8. The predicted octanol–water partition coefficient (Wildman–Crippen LogP) is 6.18. The van der Waals surface area contributed by atoms with Crippen molar-refractivity contribution < 1.29 is 23.9 Å². The van der Waals surface area contributed by atoms with Gasteiger partial charge in [-0.2, -0.15) is 0 Å². The van der Waals surface area contributed by atoms with E-state index in [4.69, 9.17) is 14.5 Å². The van der Waals surface area contributed by atoms with E-state index >= 15 is 0 Å². The fraction of sp³-hybridized carbons (Fsp3) is 0.167. The Morgan fingerprint density at radius 1 is 1.00 bits per heavy atom. The fourth-order valence-corrected chi connectivity index (χ4v) is 7.24. The Hall–Kier alpha value is -4.26. The number of methoxy groups -OCH3 is 1. The summed E-state index contributed by atoms with van der Waals surface area (Å²) in [6.07, 6.45) is 0. The first-order valence-electron chi connectivity index (χ1n) is 12.8. The summed E-state index contributed by atoms with van der Waals surface area (Å²) < 4.78 is 11.5. The van der Waals surface area contributed by atoms with Crippen molar-refractivity contribution in [2.75, 3.05) is 24.8 Å². The van der Waals surface area contributed by atoms with Gasteiger partial charge in [0.25, 0.3) is 5.56 Å². The zero-order valence-corrected chi connectivity index (χ0v) is 25.3. The molecule has 12 heteroatoms. The van der Waals surface area contributed by atoms with Gasteiger partial charge >= 0.3 is 11.9 Å². The van der Waals surface area contributed by atoms with Gasteiger partial charge in [-0.25, -0.2) is 14.6 Å². The fourth-order valence-electron chi connectivity index (χ4n) is 4.24. The van der Waals surface area contributed by atoms with E-state index in [-0.39, 0.29) is 33.4 Å². The number of nitrogens with zero attached hydrogens (tertiary/aromatic N) is 2. The Labute approximate surface area is 253 Å². The number of hydrogen-bond donors (Lipinski definition) is 1. The number of aromatic nitrogens is 2. The van der Waals surface area contributed by atoms with Crippen molar-refractivity contribution in [1.82, 2.24) is 9.55 Å². The van der Waals surface area contributed by atoms with Crippen molar-refractivity contribution in [2.24, 2.45) is 0 Å². The van der Waals surface area contributed by atoms with Crippen LogP contribution in [0.2, 0.25) is 0 Å². The van der Waals surface area contributed by atoms with E-state index in [1.807, 2.05) is 54.6 Å². The normalized spacial score (nSPS) is 10.9. The number of ether oxygens (including phenoxy) is 2.